The average molecular weight is 160 g/mol. The first kappa shape index (κ1) is 10.9. The van der Waals surface area contributed by atoms with Crippen LogP contribution in [0.5, 0.6) is 0 Å². The number of hydrogen-bond acceptors (Lipinski definition) is 2. The van der Waals surface area contributed by atoms with Crippen LogP contribution in [-0.4, -0.2) is 19.0 Å². The monoisotopic (exact) mass is 160 g/mol. The Balaban J connectivity index is 3.44. The molecule has 0 radical (unpaired) electrons. The third kappa shape index (κ3) is 5.22. The fourth-order valence-corrected chi connectivity index (χ4v) is 1.03. The molecule has 0 aromatic rings. The van der Waals surface area contributed by atoms with Crippen molar-refractivity contribution in [2.24, 2.45) is 0 Å². The van der Waals surface area contributed by atoms with E-state index >= 15 is 0 Å². The summed E-state index contributed by atoms with van der Waals surface area (Å²) >= 11 is 0. The highest BCUT2D eigenvalue weighted by atomic mass is 16.7. The first-order chi connectivity index (χ1) is 5.24. The van der Waals surface area contributed by atoms with E-state index in [0.29, 0.717) is 6.10 Å². The van der Waals surface area contributed by atoms with Gasteiger partial charge in [0.05, 0.1) is 6.10 Å². The van der Waals surface area contributed by atoms with Gasteiger partial charge in [-0.3, -0.25) is 0 Å². The Hall–Kier alpha value is -0.0800. The molecule has 0 bridgehead atoms. The predicted octanol–water partition coefficient (Wildman–Crippen LogP) is 2.57. The zero-order valence-corrected chi connectivity index (χ0v) is 8.09. The van der Waals surface area contributed by atoms with Crippen LogP contribution in [0.3, 0.4) is 0 Å². The first-order valence-corrected chi connectivity index (χ1v) is 4.51. The van der Waals surface area contributed by atoms with Gasteiger partial charge < -0.3 is 9.47 Å². The summed E-state index contributed by atoms with van der Waals surface area (Å²) in [4.78, 5) is 0. The zero-order valence-electron chi connectivity index (χ0n) is 8.09. The van der Waals surface area contributed by atoms with Gasteiger partial charge in [-0.25, -0.2) is 0 Å². The van der Waals surface area contributed by atoms with E-state index < -0.39 is 0 Å². The maximum Gasteiger partial charge on any atom is 0.155 e. The number of hydrogen-bond donors (Lipinski definition) is 0. The van der Waals surface area contributed by atoms with Crippen molar-refractivity contribution in [3.05, 3.63) is 0 Å². The summed E-state index contributed by atoms with van der Waals surface area (Å²) in [6, 6.07) is 0. The minimum Gasteiger partial charge on any atom is -0.353 e. The maximum atomic E-state index is 5.57. The van der Waals surface area contributed by atoms with Gasteiger partial charge in [-0.15, -0.1) is 0 Å². The largest absolute Gasteiger partial charge is 0.353 e. The minimum absolute atomic E-state index is 0.0510. The quantitative estimate of drug-likeness (QED) is 0.556. The van der Waals surface area contributed by atoms with E-state index in [0.717, 1.165) is 19.4 Å². The van der Waals surface area contributed by atoms with Crippen LogP contribution in [0, 0.1) is 0 Å². The van der Waals surface area contributed by atoms with Crippen LogP contribution < -0.4 is 0 Å². The van der Waals surface area contributed by atoms with E-state index in [1.807, 2.05) is 13.8 Å². The second-order valence-electron chi connectivity index (χ2n) is 2.60. The minimum atomic E-state index is -0.0510. The van der Waals surface area contributed by atoms with Gasteiger partial charge in [0.1, 0.15) is 0 Å². The Morgan fingerprint density at radius 2 is 1.64 bits per heavy atom. The van der Waals surface area contributed by atoms with E-state index in [4.69, 9.17) is 9.47 Å². The molecule has 0 aliphatic carbocycles. The highest BCUT2D eigenvalue weighted by molar-refractivity contribution is 4.51. The molecular weight excluding hydrogens is 140 g/mol. The second-order valence-corrected chi connectivity index (χ2v) is 2.60. The number of ether oxygens (including phenoxy) is 2. The van der Waals surface area contributed by atoms with Gasteiger partial charge in [-0.1, -0.05) is 13.8 Å². The van der Waals surface area contributed by atoms with Gasteiger partial charge in [0.15, 0.2) is 6.29 Å². The van der Waals surface area contributed by atoms with Gasteiger partial charge in [-0.05, 0) is 26.7 Å². The third-order valence-electron chi connectivity index (χ3n) is 1.70. The normalized spacial score (nSPS) is 13.9. The Morgan fingerprint density at radius 1 is 1.09 bits per heavy atom. The lowest BCUT2D eigenvalue weighted by Crippen LogP contribution is -2.21. The van der Waals surface area contributed by atoms with Crippen LogP contribution in [-0.2, 0) is 9.47 Å². The molecule has 0 aromatic carbocycles. The fraction of sp³-hybridized carbons (Fsp3) is 1.00. The molecule has 0 heterocycles. The topological polar surface area (TPSA) is 18.5 Å². The third-order valence-corrected chi connectivity index (χ3v) is 1.70. The van der Waals surface area contributed by atoms with Gasteiger partial charge >= 0.3 is 0 Å². The van der Waals surface area contributed by atoms with Crippen molar-refractivity contribution in [3.63, 3.8) is 0 Å². The van der Waals surface area contributed by atoms with Crippen LogP contribution in [0.1, 0.15) is 40.5 Å². The van der Waals surface area contributed by atoms with Crippen molar-refractivity contribution in [3.8, 4) is 0 Å². The molecular formula is C9H20O2. The molecule has 0 rings (SSSR count). The van der Waals surface area contributed by atoms with Gasteiger partial charge in [0.25, 0.3) is 0 Å². The van der Waals surface area contributed by atoms with E-state index in [2.05, 4.69) is 13.8 Å². The summed E-state index contributed by atoms with van der Waals surface area (Å²) in [5.41, 5.74) is 0. The summed E-state index contributed by atoms with van der Waals surface area (Å²) in [5.74, 6) is 0. The van der Waals surface area contributed by atoms with Crippen molar-refractivity contribution in [1.29, 1.82) is 0 Å². The molecule has 0 aliphatic heterocycles. The molecule has 68 valence electrons. The predicted molar refractivity (Wildman–Crippen MR) is 46.5 cm³/mol. The van der Waals surface area contributed by atoms with Crippen molar-refractivity contribution >= 4 is 0 Å². The van der Waals surface area contributed by atoms with Crippen LogP contribution in [0.2, 0.25) is 0 Å². The lowest BCUT2D eigenvalue weighted by atomic mass is 10.2. The smallest absolute Gasteiger partial charge is 0.155 e. The Labute approximate surface area is 69.9 Å². The summed E-state index contributed by atoms with van der Waals surface area (Å²) in [6.45, 7) is 8.91. The molecule has 0 fully saturated rings. The van der Waals surface area contributed by atoms with E-state index in [1.165, 1.54) is 0 Å². The van der Waals surface area contributed by atoms with Crippen LogP contribution >= 0.6 is 0 Å². The SMILES string of the molecule is CCOC(C)OC(CC)CC. The summed E-state index contributed by atoms with van der Waals surface area (Å²) in [7, 11) is 0. The lowest BCUT2D eigenvalue weighted by molar-refractivity contribution is -0.158. The molecule has 2 nitrogen and oxygen atoms in total. The Kier molecular flexibility index (Phi) is 6.57. The maximum absolute atomic E-state index is 5.57. The molecule has 1 atom stereocenters. The van der Waals surface area contributed by atoms with Gasteiger partial charge in [0.2, 0.25) is 0 Å². The van der Waals surface area contributed by atoms with E-state index in [9.17, 15) is 0 Å². The fourth-order valence-electron chi connectivity index (χ4n) is 1.03. The molecule has 2 heteroatoms. The highest BCUT2D eigenvalue weighted by Crippen LogP contribution is 2.06. The van der Waals surface area contributed by atoms with E-state index in [-0.39, 0.29) is 6.29 Å². The van der Waals surface area contributed by atoms with Crippen molar-refractivity contribution in [1.82, 2.24) is 0 Å². The lowest BCUT2D eigenvalue weighted by Gasteiger charge is -2.19. The van der Waals surface area contributed by atoms with Crippen molar-refractivity contribution < 1.29 is 9.47 Å². The molecule has 0 aromatic heterocycles. The standard InChI is InChI=1S/C9H20O2/c1-5-9(6-2)11-8(4)10-7-3/h8-9H,5-7H2,1-4H3. The van der Waals surface area contributed by atoms with Crippen LogP contribution in [0.15, 0.2) is 0 Å². The highest BCUT2D eigenvalue weighted by Gasteiger charge is 2.08. The Morgan fingerprint density at radius 3 is 2.00 bits per heavy atom. The molecule has 0 saturated carbocycles. The van der Waals surface area contributed by atoms with Gasteiger partial charge in [-0.2, -0.15) is 0 Å². The molecule has 0 amide bonds. The van der Waals surface area contributed by atoms with Crippen molar-refractivity contribution in [2.75, 3.05) is 6.61 Å². The van der Waals surface area contributed by atoms with E-state index in [1.54, 1.807) is 0 Å². The summed E-state index contributed by atoms with van der Waals surface area (Å²) in [6.07, 6.45) is 2.43. The van der Waals surface area contributed by atoms with Crippen LogP contribution in [0.4, 0.5) is 0 Å². The average Bonchev–Trinajstić information content (AvgIpc) is 2.01. The molecule has 11 heavy (non-hydrogen) atoms. The molecule has 0 N–H and O–H groups in total. The molecule has 0 saturated heterocycles. The zero-order chi connectivity index (χ0) is 8.69. The van der Waals surface area contributed by atoms with Gasteiger partial charge in [0, 0.05) is 6.61 Å². The molecule has 0 spiro atoms. The second kappa shape index (κ2) is 6.62. The summed E-state index contributed by atoms with van der Waals surface area (Å²) in [5, 5.41) is 0. The molecule has 1 unspecified atom stereocenters. The van der Waals surface area contributed by atoms with Crippen LogP contribution in [0.25, 0.3) is 0 Å². The summed E-state index contributed by atoms with van der Waals surface area (Å²) < 4.78 is 10.8. The van der Waals surface area contributed by atoms with Crippen molar-refractivity contribution in [2.45, 2.75) is 52.9 Å². The molecule has 0 aliphatic rings. The Bertz CT molecular complexity index is 79.6. The first-order valence-electron chi connectivity index (χ1n) is 4.51. The number of rotatable bonds is 6.